The number of hydrogen-bond acceptors (Lipinski definition) is 5. The quantitative estimate of drug-likeness (QED) is 0.637. The highest BCUT2D eigenvalue weighted by atomic mass is 16.2. The molecule has 0 saturated carbocycles. The molecular weight excluding hydrogens is 320 g/mol. The van der Waals surface area contributed by atoms with Crippen LogP contribution in [0.5, 0.6) is 0 Å². The number of nitrogens with zero attached hydrogens (tertiary/aromatic N) is 1. The molecule has 2 aliphatic heterocycles. The first-order valence-corrected chi connectivity index (χ1v) is 8.67. The van der Waals surface area contributed by atoms with Crippen LogP contribution < -0.4 is 16.4 Å². The molecule has 4 N–H and O–H groups in total. The van der Waals surface area contributed by atoms with Gasteiger partial charge in [-0.25, -0.2) is 0 Å². The molecule has 1 aromatic rings. The van der Waals surface area contributed by atoms with Crippen molar-refractivity contribution in [2.24, 2.45) is 11.7 Å². The van der Waals surface area contributed by atoms with Crippen LogP contribution in [0.4, 0.5) is 0 Å². The number of nitrogens with two attached hydrogens (primary N) is 1. The summed E-state index contributed by atoms with van der Waals surface area (Å²) < 4.78 is 0. The molecule has 1 aromatic carbocycles. The average Bonchev–Trinajstić information content (AvgIpc) is 2.91. The topological polar surface area (TPSA) is 105 Å². The lowest BCUT2D eigenvalue weighted by Crippen LogP contribution is -2.52. The van der Waals surface area contributed by atoms with Crippen molar-refractivity contribution < 1.29 is 14.4 Å². The van der Waals surface area contributed by atoms with Crippen LogP contribution >= 0.6 is 0 Å². The SMILES string of the molecule is C[C@@H](CN)CNCc1ccc2c(c1)C(=O)N(C1CCC(=O)NC1=O)C2. The fraction of sp³-hybridized carbons (Fsp3) is 0.500. The van der Waals surface area contributed by atoms with E-state index < -0.39 is 6.04 Å². The minimum absolute atomic E-state index is 0.137. The summed E-state index contributed by atoms with van der Waals surface area (Å²) >= 11 is 0. The zero-order chi connectivity index (χ0) is 18.0. The summed E-state index contributed by atoms with van der Waals surface area (Å²) in [7, 11) is 0. The van der Waals surface area contributed by atoms with E-state index in [2.05, 4.69) is 17.6 Å². The summed E-state index contributed by atoms with van der Waals surface area (Å²) in [6, 6.07) is 5.27. The number of imide groups is 1. The summed E-state index contributed by atoms with van der Waals surface area (Å²) in [5.41, 5.74) is 8.21. The van der Waals surface area contributed by atoms with Crippen molar-refractivity contribution in [2.75, 3.05) is 13.1 Å². The number of carbonyl (C=O) groups excluding carboxylic acids is 3. The van der Waals surface area contributed by atoms with Gasteiger partial charge in [-0.1, -0.05) is 19.1 Å². The van der Waals surface area contributed by atoms with Gasteiger partial charge in [0.15, 0.2) is 0 Å². The molecule has 0 aromatic heterocycles. The highest BCUT2D eigenvalue weighted by Gasteiger charge is 2.38. The lowest BCUT2D eigenvalue weighted by atomic mass is 10.0. The normalized spacial score (nSPS) is 21.3. The van der Waals surface area contributed by atoms with E-state index in [1.807, 2.05) is 18.2 Å². The fourth-order valence-corrected chi connectivity index (χ4v) is 3.26. The molecule has 25 heavy (non-hydrogen) atoms. The minimum Gasteiger partial charge on any atom is -0.330 e. The molecule has 134 valence electrons. The van der Waals surface area contributed by atoms with Crippen LogP contribution in [-0.2, 0) is 22.7 Å². The molecule has 0 bridgehead atoms. The van der Waals surface area contributed by atoms with Crippen LogP contribution in [0.25, 0.3) is 0 Å². The van der Waals surface area contributed by atoms with E-state index in [0.29, 0.717) is 37.5 Å². The third kappa shape index (κ3) is 3.72. The van der Waals surface area contributed by atoms with E-state index in [1.54, 1.807) is 4.90 Å². The Balaban J connectivity index is 1.67. The number of carbonyl (C=O) groups is 3. The van der Waals surface area contributed by atoms with Crippen LogP contribution in [-0.4, -0.2) is 41.8 Å². The lowest BCUT2D eigenvalue weighted by molar-refractivity contribution is -0.136. The highest BCUT2D eigenvalue weighted by Crippen LogP contribution is 2.28. The second-order valence-electron chi connectivity index (χ2n) is 6.86. The van der Waals surface area contributed by atoms with Crippen molar-refractivity contribution in [1.82, 2.24) is 15.5 Å². The molecule has 0 radical (unpaired) electrons. The Hall–Kier alpha value is -2.25. The number of nitrogens with one attached hydrogen (secondary N) is 2. The van der Waals surface area contributed by atoms with Gasteiger partial charge in [0, 0.05) is 25.1 Å². The maximum absolute atomic E-state index is 12.7. The summed E-state index contributed by atoms with van der Waals surface area (Å²) in [5.74, 6) is -0.388. The number of fused-ring (bicyclic) bond motifs is 1. The predicted molar refractivity (Wildman–Crippen MR) is 92.4 cm³/mol. The molecule has 1 fully saturated rings. The summed E-state index contributed by atoms with van der Waals surface area (Å²) in [4.78, 5) is 37.6. The largest absolute Gasteiger partial charge is 0.330 e. The van der Waals surface area contributed by atoms with Crippen LogP contribution in [0.2, 0.25) is 0 Å². The third-order valence-corrected chi connectivity index (χ3v) is 4.82. The molecule has 1 saturated heterocycles. The number of piperidine rings is 1. The molecule has 3 rings (SSSR count). The van der Waals surface area contributed by atoms with Crippen LogP contribution in [0.15, 0.2) is 18.2 Å². The van der Waals surface area contributed by atoms with Crippen molar-refractivity contribution in [1.29, 1.82) is 0 Å². The monoisotopic (exact) mass is 344 g/mol. The second-order valence-corrected chi connectivity index (χ2v) is 6.86. The van der Waals surface area contributed by atoms with Gasteiger partial charge in [-0.05, 0) is 42.6 Å². The number of benzene rings is 1. The van der Waals surface area contributed by atoms with Gasteiger partial charge < -0.3 is 16.0 Å². The number of amides is 3. The fourth-order valence-electron chi connectivity index (χ4n) is 3.26. The minimum atomic E-state index is -0.565. The van der Waals surface area contributed by atoms with E-state index in [-0.39, 0.29) is 24.1 Å². The molecule has 0 spiro atoms. The van der Waals surface area contributed by atoms with Crippen molar-refractivity contribution >= 4 is 17.7 Å². The second kappa shape index (κ2) is 7.33. The molecule has 7 nitrogen and oxygen atoms in total. The predicted octanol–water partition coefficient (Wildman–Crippen LogP) is 0.132. The van der Waals surface area contributed by atoms with E-state index in [0.717, 1.165) is 17.7 Å². The molecule has 7 heteroatoms. The van der Waals surface area contributed by atoms with Gasteiger partial charge in [0.1, 0.15) is 6.04 Å². The maximum atomic E-state index is 12.7. The van der Waals surface area contributed by atoms with Crippen molar-refractivity contribution in [2.45, 2.75) is 38.9 Å². The van der Waals surface area contributed by atoms with Gasteiger partial charge >= 0.3 is 0 Å². The Kier molecular flexibility index (Phi) is 5.15. The zero-order valence-electron chi connectivity index (χ0n) is 14.4. The Morgan fingerprint density at radius 2 is 2.16 bits per heavy atom. The van der Waals surface area contributed by atoms with Gasteiger partial charge in [-0.2, -0.15) is 0 Å². The summed E-state index contributed by atoms with van der Waals surface area (Å²) in [5, 5.41) is 5.66. The van der Waals surface area contributed by atoms with Gasteiger partial charge in [-0.15, -0.1) is 0 Å². The third-order valence-electron chi connectivity index (χ3n) is 4.82. The summed E-state index contributed by atoms with van der Waals surface area (Å²) in [6.45, 7) is 4.62. The van der Waals surface area contributed by atoms with Crippen molar-refractivity contribution in [3.05, 3.63) is 34.9 Å². The Labute approximate surface area is 146 Å². The van der Waals surface area contributed by atoms with Crippen molar-refractivity contribution in [3.8, 4) is 0 Å². The highest BCUT2D eigenvalue weighted by molar-refractivity contribution is 6.05. The van der Waals surface area contributed by atoms with Gasteiger partial charge in [0.05, 0.1) is 0 Å². The molecule has 2 atom stereocenters. The van der Waals surface area contributed by atoms with Gasteiger partial charge in [0.25, 0.3) is 5.91 Å². The summed E-state index contributed by atoms with van der Waals surface area (Å²) in [6.07, 6.45) is 0.654. The van der Waals surface area contributed by atoms with E-state index in [4.69, 9.17) is 5.73 Å². The first kappa shape index (κ1) is 17.6. The van der Waals surface area contributed by atoms with Crippen LogP contribution in [0, 0.1) is 5.92 Å². The maximum Gasteiger partial charge on any atom is 0.255 e. The molecule has 1 unspecified atom stereocenters. The first-order chi connectivity index (χ1) is 12.0. The number of rotatable bonds is 6. The van der Waals surface area contributed by atoms with Gasteiger partial charge in [0.2, 0.25) is 11.8 Å². The Morgan fingerprint density at radius 3 is 2.88 bits per heavy atom. The van der Waals surface area contributed by atoms with Crippen LogP contribution in [0.1, 0.15) is 41.3 Å². The van der Waals surface area contributed by atoms with E-state index >= 15 is 0 Å². The molecule has 2 heterocycles. The Morgan fingerprint density at radius 1 is 1.36 bits per heavy atom. The molecule has 0 aliphatic carbocycles. The molecule has 3 amide bonds. The average molecular weight is 344 g/mol. The van der Waals surface area contributed by atoms with E-state index in [1.165, 1.54) is 0 Å². The number of hydrogen-bond donors (Lipinski definition) is 3. The van der Waals surface area contributed by atoms with E-state index in [9.17, 15) is 14.4 Å². The van der Waals surface area contributed by atoms with Crippen LogP contribution in [0.3, 0.4) is 0 Å². The molecule has 2 aliphatic rings. The Bertz CT molecular complexity index is 704. The molecular formula is C18H24N4O3. The zero-order valence-corrected chi connectivity index (χ0v) is 14.4. The standard InChI is InChI=1S/C18H24N4O3/c1-11(7-19)8-20-9-12-2-3-13-10-22(18(25)14(13)6-12)15-4-5-16(23)21-17(15)24/h2-3,6,11,15,20H,4-5,7-10,19H2,1H3,(H,21,23,24)/t11-,15?/m0/s1. The van der Waals surface area contributed by atoms with Gasteiger partial charge in [-0.3, -0.25) is 19.7 Å². The first-order valence-electron chi connectivity index (χ1n) is 8.67. The smallest absolute Gasteiger partial charge is 0.255 e. The van der Waals surface area contributed by atoms with Crippen molar-refractivity contribution in [3.63, 3.8) is 0 Å². The lowest BCUT2D eigenvalue weighted by Gasteiger charge is -2.29.